The van der Waals surface area contributed by atoms with Gasteiger partial charge in [-0.2, -0.15) is 0 Å². The van der Waals surface area contributed by atoms with Crippen LogP contribution in [0.2, 0.25) is 0 Å². The molecule has 0 radical (unpaired) electrons. The Bertz CT molecular complexity index is 602. The van der Waals surface area contributed by atoms with Gasteiger partial charge in [0.2, 0.25) is 0 Å². The fraction of sp³-hybridized carbons (Fsp3) is 0.294. The minimum atomic E-state index is 1.03. The molecule has 3 rings (SSSR count). The van der Waals surface area contributed by atoms with Crippen LogP contribution in [0.25, 0.3) is 11.1 Å². The highest BCUT2D eigenvalue weighted by molar-refractivity contribution is 9.09. The van der Waals surface area contributed by atoms with Crippen molar-refractivity contribution in [2.24, 2.45) is 0 Å². The average molecular weight is 380 g/mol. The molecule has 0 bridgehead atoms. The third-order valence-corrected chi connectivity index (χ3v) is 4.63. The summed E-state index contributed by atoms with van der Waals surface area (Å²) >= 11 is 7.14. The molecule has 0 atom stereocenters. The van der Waals surface area contributed by atoms with Crippen LogP contribution < -0.4 is 0 Å². The second-order valence-corrected chi connectivity index (χ2v) is 6.58. The van der Waals surface area contributed by atoms with Crippen molar-refractivity contribution in [3.05, 3.63) is 58.7 Å². The number of benzene rings is 2. The summed E-state index contributed by atoms with van der Waals surface area (Å²) in [6.45, 7) is 0. The van der Waals surface area contributed by atoms with Gasteiger partial charge in [-0.3, -0.25) is 0 Å². The van der Waals surface area contributed by atoms with E-state index in [0.29, 0.717) is 0 Å². The average Bonchev–Trinajstić information content (AvgIpc) is 2.77. The predicted molar refractivity (Wildman–Crippen MR) is 89.7 cm³/mol. The summed E-state index contributed by atoms with van der Waals surface area (Å²) in [7, 11) is 0. The number of hydrogen-bond acceptors (Lipinski definition) is 0. The summed E-state index contributed by atoms with van der Waals surface area (Å²) in [6.07, 6.45) is 3.32. The first kappa shape index (κ1) is 13.4. The molecule has 1 aliphatic rings. The van der Waals surface area contributed by atoms with E-state index in [9.17, 15) is 0 Å². The monoisotopic (exact) mass is 378 g/mol. The van der Waals surface area contributed by atoms with Crippen molar-refractivity contribution in [3.8, 4) is 11.1 Å². The van der Waals surface area contributed by atoms with E-state index in [-0.39, 0.29) is 0 Å². The van der Waals surface area contributed by atoms with Gasteiger partial charge in [0.05, 0.1) is 0 Å². The van der Waals surface area contributed by atoms with Gasteiger partial charge in [0.15, 0.2) is 0 Å². The Balaban J connectivity index is 2.10. The standard InChI is InChI=1S/C17H16Br2/c18-7-5-12-9-15-10-14-3-1-2-4-16(14)17(15)11-13(12)6-8-19/h1-4,9,11H,5-8,10H2. The zero-order valence-electron chi connectivity index (χ0n) is 10.8. The third-order valence-electron chi connectivity index (χ3n) is 3.84. The van der Waals surface area contributed by atoms with E-state index < -0.39 is 0 Å². The molecule has 0 aliphatic heterocycles. The zero-order chi connectivity index (χ0) is 13.2. The van der Waals surface area contributed by atoms with Gasteiger partial charge in [-0.1, -0.05) is 68.3 Å². The predicted octanol–water partition coefficient (Wildman–Crippen LogP) is 5.13. The van der Waals surface area contributed by atoms with Gasteiger partial charge in [-0.05, 0) is 52.6 Å². The highest BCUT2D eigenvalue weighted by atomic mass is 79.9. The maximum absolute atomic E-state index is 3.57. The summed E-state index contributed by atoms with van der Waals surface area (Å²) in [5.41, 5.74) is 8.84. The first-order chi connectivity index (χ1) is 9.33. The SMILES string of the molecule is BrCCc1cc2c(cc1CCBr)-c1ccccc1C2. The van der Waals surface area contributed by atoms with E-state index in [1.165, 1.54) is 33.4 Å². The Morgan fingerprint density at radius 2 is 1.47 bits per heavy atom. The van der Waals surface area contributed by atoms with Crippen LogP contribution in [-0.4, -0.2) is 10.7 Å². The largest absolute Gasteiger partial charge is 0.0924 e. The summed E-state index contributed by atoms with van der Waals surface area (Å²) in [5.74, 6) is 0. The van der Waals surface area contributed by atoms with Crippen LogP contribution in [0.1, 0.15) is 22.3 Å². The smallest absolute Gasteiger partial charge is 0.00719 e. The molecule has 0 spiro atoms. The van der Waals surface area contributed by atoms with Crippen molar-refractivity contribution in [3.63, 3.8) is 0 Å². The van der Waals surface area contributed by atoms with Crippen molar-refractivity contribution in [2.45, 2.75) is 19.3 Å². The van der Waals surface area contributed by atoms with Gasteiger partial charge in [0.1, 0.15) is 0 Å². The van der Waals surface area contributed by atoms with Gasteiger partial charge in [-0.15, -0.1) is 0 Å². The zero-order valence-corrected chi connectivity index (χ0v) is 13.9. The molecular formula is C17H16Br2. The lowest BCUT2D eigenvalue weighted by molar-refractivity contribution is 1.05. The van der Waals surface area contributed by atoms with E-state index in [0.717, 1.165) is 29.9 Å². The molecule has 2 aromatic carbocycles. The van der Waals surface area contributed by atoms with Gasteiger partial charge in [0, 0.05) is 10.7 Å². The van der Waals surface area contributed by atoms with Crippen LogP contribution in [0.5, 0.6) is 0 Å². The normalized spacial score (nSPS) is 12.3. The van der Waals surface area contributed by atoms with Gasteiger partial charge in [0.25, 0.3) is 0 Å². The minimum absolute atomic E-state index is 1.03. The molecule has 0 fully saturated rings. The van der Waals surface area contributed by atoms with Crippen LogP contribution in [0.15, 0.2) is 36.4 Å². The maximum Gasteiger partial charge on any atom is 0.00719 e. The van der Waals surface area contributed by atoms with Crippen molar-refractivity contribution in [1.29, 1.82) is 0 Å². The lowest BCUT2D eigenvalue weighted by Crippen LogP contribution is -1.98. The first-order valence-electron chi connectivity index (χ1n) is 6.68. The van der Waals surface area contributed by atoms with Crippen molar-refractivity contribution in [1.82, 2.24) is 0 Å². The van der Waals surface area contributed by atoms with Crippen LogP contribution in [0.3, 0.4) is 0 Å². The van der Waals surface area contributed by atoms with Gasteiger partial charge < -0.3 is 0 Å². The number of alkyl halides is 2. The number of aryl methyl sites for hydroxylation is 2. The molecule has 0 aromatic heterocycles. The highest BCUT2D eigenvalue weighted by Gasteiger charge is 2.19. The Morgan fingerprint density at radius 3 is 2.21 bits per heavy atom. The summed E-state index contributed by atoms with van der Waals surface area (Å²) < 4.78 is 0. The van der Waals surface area contributed by atoms with Gasteiger partial charge >= 0.3 is 0 Å². The van der Waals surface area contributed by atoms with Crippen molar-refractivity contribution in [2.75, 3.05) is 10.7 Å². The van der Waals surface area contributed by atoms with E-state index >= 15 is 0 Å². The summed E-state index contributed by atoms with van der Waals surface area (Å²) in [5, 5.41) is 2.07. The fourth-order valence-electron chi connectivity index (χ4n) is 2.95. The van der Waals surface area contributed by atoms with Crippen LogP contribution in [0.4, 0.5) is 0 Å². The first-order valence-corrected chi connectivity index (χ1v) is 8.92. The van der Waals surface area contributed by atoms with E-state index in [4.69, 9.17) is 0 Å². The van der Waals surface area contributed by atoms with Crippen LogP contribution >= 0.6 is 31.9 Å². The van der Waals surface area contributed by atoms with E-state index in [1.807, 2.05) is 0 Å². The molecule has 2 aromatic rings. The number of rotatable bonds is 4. The van der Waals surface area contributed by atoms with Crippen LogP contribution in [-0.2, 0) is 19.3 Å². The molecule has 2 heteroatoms. The Labute approximate surface area is 131 Å². The van der Waals surface area contributed by atoms with E-state index in [2.05, 4.69) is 68.3 Å². The molecular weight excluding hydrogens is 364 g/mol. The van der Waals surface area contributed by atoms with Crippen LogP contribution in [0, 0.1) is 0 Å². The molecule has 0 N–H and O–H groups in total. The summed E-state index contributed by atoms with van der Waals surface area (Å²) in [4.78, 5) is 0. The molecule has 0 amide bonds. The molecule has 1 aliphatic carbocycles. The number of fused-ring (bicyclic) bond motifs is 3. The van der Waals surface area contributed by atoms with Crippen molar-refractivity contribution >= 4 is 31.9 Å². The third kappa shape index (κ3) is 2.53. The Morgan fingerprint density at radius 1 is 0.789 bits per heavy atom. The second-order valence-electron chi connectivity index (χ2n) is 4.99. The molecule has 0 saturated heterocycles. The minimum Gasteiger partial charge on any atom is -0.0924 e. The fourth-order valence-corrected chi connectivity index (χ4v) is 3.80. The molecule has 0 unspecified atom stereocenters. The quantitative estimate of drug-likeness (QED) is 0.551. The topological polar surface area (TPSA) is 0 Å². The van der Waals surface area contributed by atoms with Gasteiger partial charge in [-0.25, -0.2) is 0 Å². The summed E-state index contributed by atoms with van der Waals surface area (Å²) in [6, 6.07) is 13.6. The molecule has 98 valence electrons. The molecule has 19 heavy (non-hydrogen) atoms. The number of halogens is 2. The number of hydrogen-bond donors (Lipinski definition) is 0. The lowest BCUT2D eigenvalue weighted by Gasteiger charge is -2.11. The Kier molecular flexibility index (Phi) is 4.09. The van der Waals surface area contributed by atoms with E-state index in [1.54, 1.807) is 0 Å². The molecule has 0 heterocycles. The maximum atomic E-state index is 3.57. The lowest BCUT2D eigenvalue weighted by atomic mass is 9.95. The second kappa shape index (κ2) is 5.80. The molecule has 0 saturated carbocycles. The highest BCUT2D eigenvalue weighted by Crippen LogP contribution is 2.38. The Hall–Kier alpha value is -0.600. The van der Waals surface area contributed by atoms with Crippen molar-refractivity contribution < 1.29 is 0 Å². The molecule has 0 nitrogen and oxygen atoms in total.